The summed E-state index contributed by atoms with van der Waals surface area (Å²) in [4.78, 5) is 30.9. The molecule has 0 spiro atoms. The largest absolute Gasteiger partial charge is 0.416 e. The number of rotatable bonds is 11. The van der Waals surface area contributed by atoms with Gasteiger partial charge in [-0.05, 0) is 74.0 Å². The van der Waals surface area contributed by atoms with Crippen LogP contribution in [0.5, 0.6) is 0 Å². The smallest absolute Gasteiger partial charge is 0.359 e. The average Bonchev–Trinajstić information content (AvgIpc) is 3.40. The van der Waals surface area contributed by atoms with Gasteiger partial charge in [-0.1, -0.05) is 32.0 Å². The molecule has 0 atom stereocenters. The van der Waals surface area contributed by atoms with Crippen LogP contribution in [0.1, 0.15) is 53.1 Å². The van der Waals surface area contributed by atoms with Crippen LogP contribution in [-0.2, 0) is 37.8 Å². The maximum atomic E-state index is 13.2. The van der Waals surface area contributed by atoms with Crippen LogP contribution < -0.4 is 10.6 Å². The van der Waals surface area contributed by atoms with E-state index in [0.717, 1.165) is 48.6 Å². The number of carbonyl (C=O) groups is 2. The highest BCUT2D eigenvalue weighted by atomic mass is 32.2. The maximum absolute atomic E-state index is 13.2. The molecule has 0 radical (unpaired) electrons. The van der Waals surface area contributed by atoms with E-state index in [1.54, 1.807) is 6.08 Å². The van der Waals surface area contributed by atoms with Crippen molar-refractivity contribution in [1.82, 2.24) is 15.2 Å². The molecule has 43 heavy (non-hydrogen) atoms. The minimum absolute atomic E-state index is 0.00222. The molecular formula is C31H35F3N4O4S. The number of aryl methyl sites for hydroxylation is 1. The van der Waals surface area contributed by atoms with E-state index in [9.17, 15) is 31.2 Å². The van der Waals surface area contributed by atoms with Crippen LogP contribution in [0, 0.1) is 13.8 Å². The molecule has 12 heteroatoms. The summed E-state index contributed by atoms with van der Waals surface area (Å²) in [5, 5.41) is 5.67. The number of fused-ring (bicyclic) bond motifs is 1. The fourth-order valence-electron chi connectivity index (χ4n) is 5.13. The first-order chi connectivity index (χ1) is 20.2. The summed E-state index contributed by atoms with van der Waals surface area (Å²) in [6.45, 7) is 10.9. The summed E-state index contributed by atoms with van der Waals surface area (Å²) in [6, 6.07) is 8.35. The van der Waals surface area contributed by atoms with E-state index in [2.05, 4.69) is 34.4 Å². The van der Waals surface area contributed by atoms with Crippen LogP contribution in [0.15, 0.2) is 47.4 Å². The van der Waals surface area contributed by atoms with Crippen LogP contribution in [0.2, 0.25) is 0 Å². The Morgan fingerprint density at radius 2 is 1.79 bits per heavy atom. The van der Waals surface area contributed by atoms with Gasteiger partial charge in [0.1, 0.15) is 0 Å². The molecule has 230 valence electrons. The lowest BCUT2D eigenvalue weighted by Crippen LogP contribution is -2.35. The molecule has 0 saturated carbocycles. The molecule has 3 N–H and O–H groups in total. The summed E-state index contributed by atoms with van der Waals surface area (Å²) < 4.78 is 65.8. The highest BCUT2D eigenvalue weighted by molar-refractivity contribution is 7.90. The zero-order valence-electron chi connectivity index (χ0n) is 24.5. The number of nitrogens with one attached hydrogen (secondary N) is 3. The van der Waals surface area contributed by atoms with Crippen LogP contribution in [0.3, 0.4) is 0 Å². The van der Waals surface area contributed by atoms with Crippen molar-refractivity contribution in [1.29, 1.82) is 0 Å². The molecule has 3 aromatic rings. The number of likely N-dealkylation sites (N-methyl/N-ethyl adjacent to an activating group) is 1. The van der Waals surface area contributed by atoms with Gasteiger partial charge in [-0.25, -0.2) is 8.42 Å². The SMILES string of the molecule is CCN(CC)CCNC(=O)Cc1c(C)[nH]c(/C=C2\C(=O)Nc3ccc(S(=O)(=O)Cc4cccc(C(F)(F)F)c4)cc32)c1C. The van der Waals surface area contributed by atoms with Crippen molar-refractivity contribution < 1.29 is 31.2 Å². The number of sulfone groups is 1. The maximum Gasteiger partial charge on any atom is 0.416 e. The second-order valence-corrected chi connectivity index (χ2v) is 12.5. The Morgan fingerprint density at radius 1 is 1.07 bits per heavy atom. The molecular weight excluding hydrogens is 581 g/mol. The number of benzene rings is 2. The number of anilines is 1. The van der Waals surface area contributed by atoms with E-state index in [0.29, 0.717) is 23.5 Å². The summed E-state index contributed by atoms with van der Waals surface area (Å²) in [7, 11) is -4.04. The molecule has 1 aromatic heterocycles. The number of hydrogen-bond donors (Lipinski definition) is 3. The number of halogens is 3. The number of alkyl halides is 3. The van der Waals surface area contributed by atoms with Gasteiger partial charge in [-0.3, -0.25) is 9.59 Å². The number of H-pyrrole nitrogens is 1. The topological polar surface area (TPSA) is 111 Å². The average molecular weight is 617 g/mol. The van der Waals surface area contributed by atoms with Gasteiger partial charge in [0.05, 0.1) is 28.2 Å². The Morgan fingerprint density at radius 3 is 2.47 bits per heavy atom. The Balaban J connectivity index is 1.57. The van der Waals surface area contributed by atoms with Crippen molar-refractivity contribution in [3.8, 4) is 0 Å². The molecule has 2 aromatic carbocycles. The molecule has 1 aliphatic heterocycles. The lowest BCUT2D eigenvalue weighted by atomic mass is 10.0. The molecule has 0 bridgehead atoms. The molecule has 2 amide bonds. The van der Waals surface area contributed by atoms with Gasteiger partial charge in [0, 0.05) is 35.7 Å². The predicted molar refractivity (Wildman–Crippen MR) is 160 cm³/mol. The van der Waals surface area contributed by atoms with E-state index in [1.807, 2.05) is 13.8 Å². The third-order valence-electron chi connectivity index (χ3n) is 7.65. The third-order valence-corrected chi connectivity index (χ3v) is 9.33. The molecule has 0 unspecified atom stereocenters. The molecule has 0 fully saturated rings. The Bertz CT molecular complexity index is 1670. The summed E-state index contributed by atoms with van der Waals surface area (Å²) >= 11 is 0. The normalized spacial score (nSPS) is 14.3. The second kappa shape index (κ2) is 12.8. The Labute approximate surface area is 249 Å². The van der Waals surface area contributed by atoms with Crippen LogP contribution >= 0.6 is 0 Å². The number of nitrogens with zero attached hydrogens (tertiary/aromatic N) is 1. The van der Waals surface area contributed by atoms with Crippen molar-refractivity contribution in [3.63, 3.8) is 0 Å². The lowest BCUT2D eigenvalue weighted by molar-refractivity contribution is -0.137. The Hall–Kier alpha value is -3.90. The molecule has 4 rings (SSSR count). The van der Waals surface area contributed by atoms with Crippen LogP contribution in [0.25, 0.3) is 11.6 Å². The molecule has 2 heterocycles. The molecule has 0 saturated heterocycles. The molecule has 8 nitrogen and oxygen atoms in total. The van der Waals surface area contributed by atoms with Crippen molar-refractivity contribution in [2.24, 2.45) is 0 Å². The molecule has 1 aliphatic rings. The minimum atomic E-state index is -4.59. The number of hydrogen-bond acceptors (Lipinski definition) is 5. The monoisotopic (exact) mass is 616 g/mol. The lowest BCUT2D eigenvalue weighted by Gasteiger charge is -2.18. The third kappa shape index (κ3) is 7.37. The van der Waals surface area contributed by atoms with Crippen molar-refractivity contribution in [3.05, 3.63) is 81.7 Å². The van der Waals surface area contributed by atoms with Crippen LogP contribution in [-0.4, -0.2) is 56.3 Å². The number of aromatic nitrogens is 1. The van der Waals surface area contributed by atoms with Gasteiger partial charge in [0.2, 0.25) is 5.91 Å². The first-order valence-corrected chi connectivity index (χ1v) is 15.6. The Kier molecular flexibility index (Phi) is 9.50. The summed E-state index contributed by atoms with van der Waals surface area (Å²) in [5.41, 5.74) is 3.07. The predicted octanol–water partition coefficient (Wildman–Crippen LogP) is 5.12. The zero-order valence-corrected chi connectivity index (χ0v) is 25.3. The first kappa shape index (κ1) is 32.0. The van der Waals surface area contributed by atoms with Crippen LogP contribution in [0.4, 0.5) is 18.9 Å². The quantitative estimate of drug-likeness (QED) is 0.259. The fraction of sp³-hybridized carbons (Fsp3) is 0.355. The van der Waals surface area contributed by atoms with Crippen molar-refractivity contribution in [2.45, 2.75) is 50.9 Å². The van der Waals surface area contributed by atoms with Gasteiger partial charge < -0.3 is 20.5 Å². The summed E-state index contributed by atoms with van der Waals surface area (Å²) in [6.07, 6.45) is -2.81. The van der Waals surface area contributed by atoms with Crippen molar-refractivity contribution >= 4 is 39.0 Å². The number of amides is 2. The van der Waals surface area contributed by atoms with E-state index < -0.39 is 33.2 Å². The highest BCUT2D eigenvalue weighted by Gasteiger charge is 2.31. The molecule has 0 aliphatic carbocycles. The van der Waals surface area contributed by atoms with Gasteiger partial charge in [0.25, 0.3) is 5.91 Å². The van der Waals surface area contributed by atoms with E-state index in [-0.39, 0.29) is 28.4 Å². The van der Waals surface area contributed by atoms with Gasteiger partial charge in [-0.15, -0.1) is 0 Å². The van der Waals surface area contributed by atoms with E-state index in [1.165, 1.54) is 30.3 Å². The van der Waals surface area contributed by atoms with E-state index in [4.69, 9.17) is 0 Å². The number of carbonyl (C=O) groups excluding carboxylic acids is 2. The summed E-state index contributed by atoms with van der Waals surface area (Å²) in [5.74, 6) is -1.17. The minimum Gasteiger partial charge on any atom is -0.359 e. The van der Waals surface area contributed by atoms with Gasteiger partial charge >= 0.3 is 6.18 Å². The zero-order chi connectivity index (χ0) is 31.5. The van der Waals surface area contributed by atoms with E-state index >= 15 is 0 Å². The number of aromatic amines is 1. The highest BCUT2D eigenvalue weighted by Crippen LogP contribution is 2.36. The standard InChI is InChI=1S/C31H35F3N4O4S/c1-5-38(6-2)13-12-35-29(39)17-24-19(3)28(36-20(24)4)16-26-25-15-23(10-11-27(25)37-30(26)40)43(41,42)18-21-8-7-9-22(14-21)31(32,33)34/h7-11,14-16,36H,5-6,12-13,17-18H2,1-4H3,(H,35,39)(H,37,40)/b26-16-. The van der Waals surface area contributed by atoms with Gasteiger partial charge in [0.15, 0.2) is 9.84 Å². The fourth-order valence-corrected chi connectivity index (χ4v) is 6.49. The van der Waals surface area contributed by atoms with Gasteiger partial charge in [-0.2, -0.15) is 13.2 Å². The van der Waals surface area contributed by atoms with Crippen molar-refractivity contribution in [2.75, 3.05) is 31.5 Å². The second-order valence-electron chi connectivity index (χ2n) is 10.5. The first-order valence-electron chi connectivity index (χ1n) is 14.0.